The number of nitrogens with zero attached hydrogens (tertiary/aromatic N) is 3. The van der Waals surface area contributed by atoms with E-state index in [1.54, 1.807) is 16.2 Å². The Bertz CT molecular complexity index is 830. The number of fused-ring (bicyclic) bond motifs is 1. The van der Waals surface area contributed by atoms with Gasteiger partial charge in [0, 0.05) is 19.3 Å². The van der Waals surface area contributed by atoms with Crippen LogP contribution in [0, 0.1) is 5.92 Å². The summed E-state index contributed by atoms with van der Waals surface area (Å²) in [6.07, 6.45) is 4.02. The van der Waals surface area contributed by atoms with Gasteiger partial charge >= 0.3 is 5.97 Å². The van der Waals surface area contributed by atoms with Gasteiger partial charge in [0.2, 0.25) is 0 Å². The van der Waals surface area contributed by atoms with Gasteiger partial charge in [0.25, 0.3) is 5.91 Å². The van der Waals surface area contributed by atoms with Gasteiger partial charge in [-0.2, -0.15) is 0 Å². The number of ether oxygens (including phenoxy) is 2. The summed E-state index contributed by atoms with van der Waals surface area (Å²) >= 11 is 0. The third-order valence-electron chi connectivity index (χ3n) is 4.85. The molecule has 2 aromatic heterocycles. The van der Waals surface area contributed by atoms with Crippen LogP contribution in [0.4, 0.5) is 0 Å². The number of aromatic nitrogens is 2. The summed E-state index contributed by atoms with van der Waals surface area (Å²) in [5, 5.41) is 0. The van der Waals surface area contributed by atoms with Crippen LogP contribution in [-0.4, -0.2) is 52.5 Å². The molecule has 1 unspecified atom stereocenters. The number of likely N-dealkylation sites (tertiary alicyclic amines) is 1. The summed E-state index contributed by atoms with van der Waals surface area (Å²) in [5.74, 6) is 0.0900. The summed E-state index contributed by atoms with van der Waals surface area (Å²) in [4.78, 5) is 31.8. The van der Waals surface area contributed by atoms with Crippen LogP contribution >= 0.6 is 0 Å². The Kier molecular flexibility index (Phi) is 5.98. The van der Waals surface area contributed by atoms with E-state index >= 15 is 0 Å². The number of amides is 1. The minimum Gasteiger partial charge on any atom is -0.490 e. The Morgan fingerprint density at radius 2 is 2.07 bits per heavy atom. The second kappa shape index (κ2) is 8.41. The lowest BCUT2D eigenvalue weighted by Crippen LogP contribution is -2.43. The molecule has 3 heterocycles. The lowest BCUT2D eigenvalue weighted by Gasteiger charge is -2.31. The van der Waals surface area contributed by atoms with E-state index in [1.165, 1.54) is 0 Å². The van der Waals surface area contributed by atoms with Crippen molar-refractivity contribution in [3.63, 3.8) is 0 Å². The molecule has 0 aliphatic carbocycles. The summed E-state index contributed by atoms with van der Waals surface area (Å²) in [6.45, 7) is 7.61. The van der Waals surface area contributed by atoms with E-state index in [0.29, 0.717) is 49.8 Å². The number of hydrogen-bond donors (Lipinski definition) is 0. The average Bonchev–Trinajstić information content (AvgIpc) is 3.07. The van der Waals surface area contributed by atoms with Crippen LogP contribution in [-0.2, 0) is 16.0 Å². The zero-order chi connectivity index (χ0) is 19.4. The van der Waals surface area contributed by atoms with Crippen molar-refractivity contribution in [2.75, 3.05) is 26.3 Å². The van der Waals surface area contributed by atoms with Gasteiger partial charge in [-0.3, -0.25) is 14.0 Å². The monoisotopic (exact) mass is 373 g/mol. The molecule has 7 heteroatoms. The molecule has 0 saturated carbocycles. The fourth-order valence-electron chi connectivity index (χ4n) is 3.59. The van der Waals surface area contributed by atoms with Gasteiger partial charge in [0.05, 0.1) is 24.8 Å². The van der Waals surface area contributed by atoms with Crippen molar-refractivity contribution in [1.29, 1.82) is 0 Å². The number of pyridine rings is 1. The largest absolute Gasteiger partial charge is 0.490 e. The first-order valence-corrected chi connectivity index (χ1v) is 9.69. The van der Waals surface area contributed by atoms with E-state index in [0.717, 1.165) is 18.5 Å². The first-order valence-electron chi connectivity index (χ1n) is 9.69. The first kappa shape index (κ1) is 19.2. The van der Waals surface area contributed by atoms with Crippen molar-refractivity contribution in [1.82, 2.24) is 14.3 Å². The maximum absolute atomic E-state index is 13.3. The Morgan fingerprint density at radius 1 is 1.26 bits per heavy atom. The fourth-order valence-corrected chi connectivity index (χ4v) is 3.59. The van der Waals surface area contributed by atoms with Crippen LogP contribution in [0.15, 0.2) is 18.3 Å². The van der Waals surface area contributed by atoms with Gasteiger partial charge < -0.3 is 14.4 Å². The molecule has 0 N–H and O–H groups in total. The number of aryl methyl sites for hydroxylation is 1. The molecule has 0 aromatic carbocycles. The number of rotatable bonds is 6. The minimum atomic E-state index is -0.258. The SMILES string of the molecule is CCOC(=O)C1CCCN(C(=O)c2c(CC)nc3c(OCC)cccn23)C1. The molecule has 146 valence electrons. The fraction of sp³-hybridized carbons (Fsp3) is 0.550. The highest BCUT2D eigenvalue weighted by Gasteiger charge is 2.32. The molecule has 0 spiro atoms. The average molecular weight is 373 g/mol. The lowest BCUT2D eigenvalue weighted by atomic mass is 9.98. The smallest absolute Gasteiger partial charge is 0.310 e. The van der Waals surface area contributed by atoms with Crippen LogP contribution in [0.2, 0.25) is 0 Å². The highest BCUT2D eigenvalue weighted by molar-refractivity contribution is 5.95. The number of carbonyl (C=O) groups is 2. The minimum absolute atomic E-state index is 0.0954. The first-order chi connectivity index (χ1) is 13.1. The van der Waals surface area contributed by atoms with E-state index in [9.17, 15) is 9.59 Å². The van der Waals surface area contributed by atoms with Crippen molar-refractivity contribution < 1.29 is 19.1 Å². The van der Waals surface area contributed by atoms with E-state index in [2.05, 4.69) is 4.98 Å². The molecule has 1 aliphatic heterocycles. The highest BCUT2D eigenvalue weighted by atomic mass is 16.5. The summed E-state index contributed by atoms with van der Waals surface area (Å²) in [5.41, 5.74) is 1.95. The van der Waals surface area contributed by atoms with Crippen LogP contribution in [0.5, 0.6) is 5.75 Å². The van der Waals surface area contributed by atoms with Crippen LogP contribution in [0.3, 0.4) is 0 Å². The molecule has 1 saturated heterocycles. The Hall–Kier alpha value is -2.57. The zero-order valence-corrected chi connectivity index (χ0v) is 16.2. The summed E-state index contributed by atoms with van der Waals surface area (Å²) < 4.78 is 12.6. The second-order valence-electron chi connectivity index (χ2n) is 6.60. The number of piperidine rings is 1. The van der Waals surface area contributed by atoms with Crippen molar-refractivity contribution >= 4 is 17.5 Å². The zero-order valence-electron chi connectivity index (χ0n) is 16.2. The molecule has 3 rings (SSSR count). The van der Waals surface area contributed by atoms with Gasteiger partial charge in [-0.25, -0.2) is 4.98 Å². The van der Waals surface area contributed by atoms with Crippen molar-refractivity contribution in [2.24, 2.45) is 5.92 Å². The standard InChI is InChI=1S/C20H27N3O4/c1-4-15-17(23-12-8-10-16(26-5-2)18(23)21-15)19(24)22-11-7-9-14(13-22)20(25)27-6-3/h8,10,12,14H,4-7,9,11,13H2,1-3H3. The van der Waals surface area contributed by atoms with Crippen LogP contribution in [0.25, 0.3) is 5.65 Å². The highest BCUT2D eigenvalue weighted by Crippen LogP contribution is 2.26. The predicted molar refractivity (Wildman–Crippen MR) is 101 cm³/mol. The summed E-state index contributed by atoms with van der Waals surface area (Å²) in [6, 6.07) is 3.71. The van der Waals surface area contributed by atoms with Gasteiger partial charge in [-0.15, -0.1) is 0 Å². The molecular weight excluding hydrogens is 346 g/mol. The molecule has 2 aromatic rings. The van der Waals surface area contributed by atoms with E-state index in [-0.39, 0.29) is 17.8 Å². The van der Waals surface area contributed by atoms with Gasteiger partial charge in [0.1, 0.15) is 5.69 Å². The van der Waals surface area contributed by atoms with Gasteiger partial charge in [-0.05, 0) is 45.2 Å². The Labute approximate surface area is 159 Å². The Morgan fingerprint density at radius 3 is 2.78 bits per heavy atom. The third kappa shape index (κ3) is 3.77. The van der Waals surface area contributed by atoms with Crippen LogP contribution < -0.4 is 4.74 Å². The van der Waals surface area contributed by atoms with Gasteiger partial charge in [-0.1, -0.05) is 6.92 Å². The summed E-state index contributed by atoms with van der Waals surface area (Å²) in [7, 11) is 0. The van der Waals surface area contributed by atoms with Crippen LogP contribution in [0.1, 0.15) is 49.8 Å². The molecule has 7 nitrogen and oxygen atoms in total. The normalized spacial score (nSPS) is 17.1. The molecule has 27 heavy (non-hydrogen) atoms. The number of carbonyl (C=O) groups excluding carboxylic acids is 2. The second-order valence-corrected chi connectivity index (χ2v) is 6.60. The van der Waals surface area contributed by atoms with Crippen molar-refractivity contribution in [3.8, 4) is 5.75 Å². The van der Waals surface area contributed by atoms with E-state index in [4.69, 9.17) is 9.47 Å². The number of hydrogen-bond acceptors (Lipinski definition) is 5. The molecule has 1 aliphatic rings. The Balaban J connectivity index is 1.93. The maximum atomic E-state index is 13.3. The van der Waals surface area contributed by atoms with Crippen molar-refractivity contribution in [2.45, 2.75) is 40.0 Å². The molecular formula is C20H27N3O4. The number of esters is 1. The quantitative estimate of drug-likeness (QED) is 0.728. The number of imidazole rings is 1. The van der Waals surface area contributed by atoms with E-state index < -0.39 is 0 Å². The molecule has 0 bridgehead atoms. The lowest BCUT2D eigenvalue weighted by molar-refractivity contribution is -0.149. The molecule has 0 radical (unpaired) electrons. The molecule has 1 fully saturated rings. The predicted octanol–water partition coefficient (Wildman–Crippen LogP) is 2.71. The topological polar surface area (TPSA) is 73.1 Å². The van der Waals surface area contributed by atoms with Crippen molar-refractivity contribution in [3.05, 3.63) is 29.7 Å². The maximum Gasteiger partial charge on any atom is 0.310 e. The molecule has 1 amide bonds. The van der Waals surface area contributed by atoms with Gasteiger partial charge in [0.15, 0.2) is 11.4 Å². The third-order valence-corrected chi connectivity index (χ3v) is 4.85. The van der Waals surface area contributed by atoms with E-state index in [1.807, 2.05) is 32.2 Å². The molecule has 1 atom stereocenters.